The second-order valence-corrected chi connectivity index (χ2v) is 8.85. The maximum absolute atomic E-state index is 13.3. The highest BCUT2D eigenvalue weighted by atomic mass is 32.2. The number of nitrogens with zero attached hydrogens (tertiary/aromatic N) is 3. The first-order valence-corrected chi connectivity index (χ1v) is 12.3. The summed E-state index contributed by atoms with van der Waals surface area (Å²) >= 11 is 1.22. The number of anilines is 1. The highest BCUT2D eigenvalue weighted by Gasteiger charge is 2.15. The van der Waals surface area contributed by atoms with Crippen LogP contribution in [0, 0.1) is 0 Å². The molecule has 0 saturated carbocycles. The van der Waals surface area contributed by atoms with Crippen molar-refractivity contribution in [3.05, 3.63) is 119 Å². The zero-order chi connectivity index (χ0) is 24.7. The molecule has 0 radical (unpaired) electrons. The van der Waals surface area contributed by atoms with E-state index in [2.05, 4.69) is 10.3 Å². The number of benzene rings is 3. The molecule has 5 aromatic rings. The minimum Gasteiger partial charge on any atom is -0.455 e. The summed E-state index contributed by atoms with van der Waals surface area (Å²) < 4.78 is 7.54. The molecule has 0 atom stereocenters. The number of hydrogen-bond acceptors (Lipinski definition) is 6. The Labute approximate surface area is 211 Å². The van der Waals surface area contributed by atoms with Crippen LogP contribution in [0.1, 0.15) is 5.56 Å². The summed E-state index contributed by atoms with van der Waals surface area (Å²) in [7, 11) is 0. The predicted molar refractivity (Wildman–Crippen MR) is 142 cm³/mol. The maximum atomic E-state index is 13.3. The van der Waals surface area contributed by atoms with Crippen LogP contribution in [0.5, 0.6) is 11.5 Å². The second kappa shape index (κ2) is 10.9. The van der Waals surface area contributed by atoms with Crippen LogP contribution in [0.4, 0.5) is 5.69 Å². The molecule has 0 bridgehead atoms. The first-order chi connectivity index (χ1) is 17.7. The summed E-state index contributed by atoms with van der Waals surface area (Å²) in [6.07, 6.45) is 3.37. The van der Waals surface area contributed by atoms with Gasteiger partial charge in [-0.15, -0.1) is 0 Å². The lowest BCUT2D eigenvalue weighted by atomic mass is 10.2. The van der Waals surface area contributed by atoms with E-state index in [9.17, 15) is 9.59 Å². The van der Waals surface area contributed by atoms with E-state index < -0.39 is 0 Å². The van der Waals surface area contributed by atoms with Gasteiger partial charge >= 0.3 is 0 Å². The third-order valence-electron chi connectivity index (χ3n) is 5.38. The molecule has 0 fully saturated rings. The van der Waals surface area contributed by atoms with Crippen molar-refractivity contribution in [1.82, 2.24) is 14.5 Å². The van der Waals surface area contributed by atoms with Crippen molar-refractivity contribution < 1.29 is 9.53 Å². The van der Waals surface area contributed by atoms with Gasteiger partial charge in [-0.2, -0.15) is 0 Å². The first-order valence-electron chi connectivity index (χ1n) is 11.3. The number of aromatic nitrogens is 3. The van der Waals surface area contributed by atoms with E-state index in [1.807, 2.05) is 66.7 Å². The lowest BCUT2D eigenvalue weighted by Crippen LogP contribution is -2.25. The molecular formula is C28H22N4O3S. The van der Waals surface area contributed by atoms with Gasteiger partial charge in [0.15, 0.2) is 10.9 Å². The smallest absolute Gasteiger partial charge is 0.262 e. The maximum Gasteiger partial charge on any atom is 0.262 e. The highest BCUT2D eigenvalue weighted by Crippen LogP contribution is 2.29. The van der Waals surface area contributed by atoms with Gasteiger partial charge in [0.05, 0.1) is 28.9 Å². The Morgan fingerprint density at radius 1 is 0.889 bits per heavy atom. The molecule has 0 unspecified atom stereocenters. The molecular weight excluding hydrogens is 472 g/mol. The van der Waals surface area contributed by atoms with E-state index in [1.54, 1.807) is 41.2 Å². The van der Waals surface area contributed by atoms with Gasteiger partial charge in [0.1, 0.15) is 5.75 Å². The molecule has 2 heterocycles. The first kappa shape index (κ1) is 23.3. The number of nitrogens with one attached hydrogen (secondary N) is 1. The molecule has 5 rings (SSSR count). The fraction of sp³-hybridized carbons (Fsp3) is 0.0714. The number of fused-ring (bicyclic) bond motifs is 1. The number of carbonyl (C=O) groups is 1. The van der Waals surface area contributed by atoms with Gasteiger partial charge in [0.25, 0.3) is 5.56 Å². The Kier molecular flexibility index (Phi) is 7.05. The third kappa shape index (κ3) is 5.45. The van der Waals surface area contributed by atoms with Crippen LogP contribution < -0.4 is 15.6 Å². The van der Waals surface area contributed by atoms with E-state index in [-0.39, 0.29) is 17.2 Å². The normalized spacial score (nSPS) is 10.8. The van der Waals surface area contributed by atoms with Gasteiger partial charge in [-0.05, 0) is 54.1 Å². The van der Waals surface area contributed by atoms with Crippen LogP contribution in [0.15, 0.2) is 113 Å². The molecule has 3 aromatic carbocycles. The zero-order valence-electron chi connectivity index (χ0n) is 19.2. The molecule has 0 spiro atoms. The van der Waals surface area contributed by atoms with Crippen LogP contribution in [-0.2, 0) is 11.3 Å². The number of amides is 1. The standard InChI is InChI=1S/C28H22N4O3S/c33-26(30-24-12-6-7-13-25(24)35-21-8-2-1-3-9-21)19-36-28-31-23-11-5-4-10-22(23)27(34)32(28)18-20-14-16-29-17-15-20/h1-17H,18-19H2,(H,30,33). The Morgan fingerprint density at radius 2 is 1.61 bits per heavy atom. The van der Waals surface area contributed by atoms with E-state index in [0.717, 1.165) is 5.56 Å². The van der Waals surface area contributed by atoms with Crippen molar-refractivity contribution in [2.24, 2.45) is 0 Å². The fourth-order valence-electron chi connectivity index (χ4n) is 3.66. The fourth-order valence-corrected chi connectivity index (χ4v) is 4.46. The van der Waals surface area contributed by atoms with Crippen LogP contribution in [0.25, 0.3) is 10.9 Å². The minimum absolute atomic E-state index is 0.0702. The molecule has 1 amide bonds. The van der Waals surface area contributed by atoms with Gasteiger partial charge in [-0.1, -0.05) is 54.2 Å². The van der Waals surface area contributed by atoms with Crippen LogP contribution >= 0.6 is 11.8 Å². The number of hydrogen-bond donors (Lipinski definition) is 1. The summed E-state index contributed by atoms with van der Waals surface area (Å²) in [5.41, 5.74) is 1.93. The van der Waals surface area contributed by atoms with Gasteiger partial charge in [-0.3, -0.25) is 19.1 Å². The van der Waals surface area contributed by atoms with Crippen LogP contribution in [0.3, 0.4) is 0 Å². The van der Waals surface area contributed by atoms with E-state index in [0.29, 0.717) is 39.8 Å². The van der Waals surface area contributed by atoms with Crippen LogP contribution in [0.2, 0.25) is 0 Å². The highest BCUT2D eigenvalue weighted by molar-refractivity contribution is 7.99. The topological polar surface area (TPSA) is 86.1 Å². The van der Waals surface area contributed by atoms with E-state index in [1.165, 1.54) is 11.8 Å². The Balaban J connectivity index is 1.36. The summed E-state index contributed by atoms with van der Waals surface area (Å²) in [6.45, 7) is 0.330. The van der Waals surface area contributed by atoms with Crippen molar-refractivity contribution in [2.45, 2.75) is 11.7 Å². The Bertz CT molecular complexity index is 1560. The Morgan fingerprint density at radius 3 is 2.44 bits per heavy atom. The summed E-state index contributed by atoms with van der Waals surface area (Å²) in [4.78, 5) is 34.9. The quantitative estimate of drug-likeness (QED) is 0.231. The predicted octanol–water partition coefficient (Wildman–Crippen LogP) is 5.36. The molecule has 178 valence electrons. The van der Waals surface area contributed by atoms with E-state index >= 15 is 0 Å². The SMILES string of the molecule is O=C(CSc1nc2ccccc2c(=O)n1Cc1ccncc1)Nc1ccccc1Oc1ccccc1. The van der Waals surface area contributed by atoms with Crippen LogP contribution in [-0.4, -0.2) is 26.2 Å². The molecule has 0 saturated heterocycles. The summed E-state index contributed by atoms with van der Waals surface area (Å²) in [5, 5.41) is 3.92. The number of thioether (sulfide) groups is 1. The molecule has 0 aliphatic rings. The van der Waals surface area contributed by atoms with Gasteiger partial charge in [0.2, 0.25) is 5.91 Å². The molecule has 7 nitrogen and oxygen atoms in total. The van der Waals surface area contributed by atoms with Crippen molar-refractivity contribution in [3.63, 3.8) is 0 Å². The van der Waals surface area contributed by atoms with Gasteiger partial charge in [0, 0.05) is 12.4 Å². The van der Waals surface area contributed by atoms with Crippen molar-refractivity contribution in [3.8, 4) is 11.5 Å². The average molecular weight is 495 g/mol. The second-order valence-electron chi connectivity index (χ2n) is 7.91. The molecule has 0 aliphatic heterocycles. The monoisotopic (exact) mass is 494 g/mol. The van der Waals surface area contributed by atoms with Crippen molar-refractivity contribution in [1.29, 1.82) is 0 Å². The van der Waals surface area contributed by atoms with E-state index in [4.69, 9.17) is 9.72 Å². The molecule has 1 N–H and O–H groups in total. The Hall–Kier alpha value is -4.43. The lowest BCUT2D eigenvalue weighted by molar-refractivity contribution is -0.113. The zero-order valence-corrected chi connectivity index (χ0v) is 20.0. The van der Waals surface area contributed by atoms with Gasteiger partial charge < -0.3 is 10.1 Å². The largest absolute Gasteiger partial charge is 0.455 e. The third-order valence-corrected chi connectivity index (χ3v) is 6.36. The average Bonchev–Trinajstić information content (AvgIpc) is 2.92. The number of carbonyl (C=O) groups excluding carboxylic acids is 1. The molecule has 36 heavy (non-hydrogen) atoms. The molecule has 0 aliphatic carbocycles. The summed E-state index contributed by atoms with van der Waals surface area (Å²) in [6, 6.07) is 27.6. The number of rotatable bonds is 8. The number of ether oxygens (including phenoxy) is 1. The van der Waals surface area contributed by atoms with Crippen molar-refractivity contribution in [2.75, 3.05) is 11.1 Å². The van der Waals surface area contributed by atoms with Gasteiger partial charge in [-0.25, -0.2) is 4.98 Å². The minimum atomic E-state index is -0.234. The molecule has 8 heteroatoms. The number of pyridine rings is 1. The molecule has 2 aromatic heterocycles. The summed E-state index contributed by atoms with van der Waals surface area (Å²) in [5.74, 6) is 1.05. The lowest BCUT2D eigenvalue weighted by Gasteiger charge is -2.14. The number of para-hydroxylation sites is 4. The van der Waals surface area contributed by atoms with Crippen molar-refractivity contribution >= 4 is 34.3 Å².